The first-order valence-corrected chi connectivity index (χ1v) is 9.93. The molecule has 148 valence electrons. The molecule has 0 fully saturated rings. The number of hydrogen-bond acceptors (Lipinski definition) is 4. The average Bonchev–Trinajstić information content (AvgIpc) is 3.21. The Morgan fingerprint density at radius 1 is 0.867 bits per heavy atom. The number of amides is 2. The quantitative estimate of drug-likeness (QED) is 0.483. The fourth-order valence-electron chi connectivity index (χ4n) is 4.03. The summed E-state index contributed by atoms with van der Waals surface area (Å²) in [5, 5.41) is 5.28. The number of nitrogens with zero attached hydrogens (tertiary/aromatic N) is 4. The van der Waals surface area contributed by atoms with Gasteiger partial charge >= 0.3 is 0 Å². The largest absolute Gasteiger partial charge is 0.274 e. The van der Waals surface area contributed by atoms with E-state index < -0.39 is 0 Å². The van der Waals surface area contributed by atoms with E-state index in [1.165, 1.54) is 11.1 Å². The molecule has 2 amide bonds. The van der Waals surface area contributed by atoms with Gasteiger partial charge in [0, 0.05) is 12.7 Å². The summed E-state index contributed by atoms with van der Waals surface area (Å²) in [4.78, 5) is 32.0. The highest BCUT2D eigenvalue weighted by atomic mass is 16.2. The first kappa shape index (κ1) is 18.2. The van der Waals surface area contributed by atoms with Gasteiger partial charge in [0.15, 0.2) is 5.65 Å². The van der Waals surface area contributed by atoms with E-state index in [0.717, 1.165) is 11.1 Å². The van der Waals surface area contributed by atoms with Crippen LogP contribution in [-0.2, 0) is 13.0 Å². The second-order valence-corrected chi connectivity index (χ2v) is 7.47. The Balaban J connectivity index is 1.50. The standard InChI is InChI=1S/C24H20N4O2/c1-16-20-21-19(14-25-22(20)28(26-16)15-18-10-6-3-7-11-18)23(29)27(24(21)30)13-12-17-8-4-2-5-9-17/h2-11,14H,12-13,15H2,1H3. The predicted octanol–water partition coefficient (Wildman–Crippen LogP) is 3.63. The summed E-state index contributed by atoms with van der Waals surface area (Å²) in [7, 11) is 0. The minimum atomic E-state index is -0.282. The van der Waals surface area contributed by atoms with E-state index in [9.17, 15) is 9.59 Å². The molecule has 0 spiro atoms. The Labute approximate surface area is 173 Å². The Morgan fingerprint density at radius 2 is 1.53 bits per heavy atom. The van der Waals surface area contributed by atoms with Crippen LogP contribution in [0, 0.1) is 6.92 Å². The minimum absolute atomic E-state index is 0.263. The number of carbonyl (C=O) groups is 2. The molecule has 1 aliphatic rings. The summed E-state index contributed by atoms with van der Waals surface area (Å²) in [6, 6.07) is 19.8. The van der Waals surface area contributed by atoms with E-state index >= 15 is 0 Å². The van der Waals surface area contributed by atoms with Gasteiger partial charge in [0.25, 0.3) is 11.8 Å². The van der Waals surface area contributed by atoms with Crippen molar-refractivity contribution in [1.29, 1.82) is 0 Å². The van der Waals surface area contributed by atoms with Gasteiger partial charge in [0.05, 0.1) is 28.8 Å². The summed E-state index contributed by atoms with van der Waals surface area (Å²) in [5.74, 6) is -0.545. The zero-order valence-electron chi connectivity index (χ0n) is 16.6. The molecule has 0 saturated heterocycles. The fraction of sp³-hybridized carbons (Fsp3) is 0.167. The van der Waals surface area contributed by atoms with Gasteiger partial charge in [-0.1, -0.05) is 60.7 Å². The Morgan fingerprint density at radius 3 is 2.23 bits per heavy atom. The molecule has 0 N–H and O–H groups in total. The van der Waals surface area contributed by atoms with Crippen molar-refractivity contribution in [1.82, 2.24) is 19.7 Å². The molecule has 0 radical (unpaired) electrons. The van der Waals surface area contributed by atoms with Crippen LogP contribution in [0.1, 0.15) is 37.5 Å². The first-order valence-electron chi connectivity index (χ1n) is 9.93. The molecule has 3 heterocycles. The van der Waals surface area contributed by atoms with Gasteiger partial charge in [-0.25, -0.2) is 9.67 Å². The average molecular weight is 396 g/mol. The maximum Gasteiger partial charge on any atom is 0.263 e. The van der Waals surface area contributed by atoms with Crippen LogP contribution >= 0.6 is 0 Å². The molecular formula is C24H20N4O2. The highest BCUT2D eigenvalue weighted by molar-refractivity contribution is 6.26. The third-order valence-corrected chi connectivity index (χ3v) is 5.51. The Hall–Kier alpha value is -3.80. The van der Waals surface area contributed by atoms with Crippen molar-refractivity contribution in [3.63, 3.8) is 0 Å². The minimum Gasteiger partial charge on any atom is -0.274 e. The number of benzene rings is 2. The van der Waals surface area contributed by atoms with Crippen molar-refractivity contribution in [2.24, 2.45) is 0 Å². The molecule has 0 bridgehead atoms. The van der Waals surface area contributed by atoms with Crippen LogP contribution in [0.2, 0.25) is 0 Å². The Bertz CT molecular complexity index is 1260. The van der Waals surface area contributed by atoms with Crippen molar-refractivity contribution in [3.8, 4) is 0 Å². The van der Waals surface area contributed by atoms with Gasteiger partial charge in [0.1, 0.15) is 0 Å². The van der Waals surface area contributed by atoms with Gasteiger partial charge in [-0.15, -0.1) is 0 Å². The van der Waals surface area contributed by atoms with Crippen LogP contribution in [0.5, 0.6) is 0 Å². The van der Waals surface area contributed by atoms with Crippen LogP contribution in [0.25, 0.3) is 11.0 Å². The monoisotopic (exact) mass is 396 g/mol. The molecule has 0 saturated carbocycles. The second-order valence-electron chi connectivity index (χ2n) is 7.47. The first-order chi connectivity index (χ1) is 14.6. The third kappa shape index (κ3) is 2.97. The van der Waals surface area contributed by atoms with Crippen molar-refractivity contribution < 1.29 is 9.59 Å². The molecule has 2 aromatic carbocycles. The summed E-state index contributed by atoms with van der Waals surface area (Å²) < 4.78 is 1.80. The second kappa shape index (κ2) is 7.22. The summed E-state index contributed by atoms with van der Waals surface area (Å²) in [6.07, 6.45) is 2.14. The van der Waals surface area contributed by atoms with Gasteiger partial charge in [0.2, 0.25) is 0 Å². The lowest BCUT2D eigenvalue weighted by molar-refractivity contribution is 0.0656. The van der Waals surface area contributed by atoms with Gasteiger partial charge in [-0.05, 0) is 24.5 Å². The molecular weight excluding hydrogens is 376 g/mol. The molecule has 0 atom stereocenters. The smallest absolute Gasteiger partial charge is 0.263 e. The number of imide groups is 1. The molecule has 0 unspecified atom stereocenters. The summed E-state index contributed by atoms with van der Waals surface area (Å²) in [5.41, 5.74) is 4.30. The molecule has 2 aromatic heterocycles. The lowest BCUT2D eigenvalue weighted by Gasteiger charge is -2.13. The van der Waals surface area contributed by atoms with Crippen LogP contribution in [0.4, 0.5) is 0 Å². The molecule has 0 aliphatic carbocycles. The number of pyridine rings is 1. The SMILES string of the molecule is Cc1nn(Cc2ccccc2)c2ncc3c(c12)C(=O)N(CCc1ccccc1)C3=O. The van der Waals surface area contributed by atoms with Gasteiger partial charge in [-0.2, -0.15) is 5.10 Å². The lowest BCUT2D eigenvalue weighted by Crippen LogP contribution is -2.31. The number of aromatic nitrogens is 3. The predicted molar refractivity (Wildman–Crippen MR) is 113 cm³/mol. The van der Waals surface area contributed by atoms with Gasteiger partial charge in [-0.3, -0.25) is 14.5 Å². The maximum atomic E-state index is 13.2. The normalized spacial score (nSPS) is 13.3. The number of aryl methyl sites for hydroxylation is 1. The number of fused-ring (bicyclic) bond motifs is 3. The molecule has 1 aliphatic heterocycles. The topological polar surface area (TPSA) is 68.1 Å². The number of rotatable bonds is 5. The molecule has 5 rings (SSSR count). The van der Waals surface area contributed by atoms with E-state index in [4.69, 9.17) is 0 Å². The van der Waals surface area contributed by atoms with Crippen LogP contribution in [-0.4, -0.2) is 38.0 Å². The van der Waals surface area contributed by atoms with E-state index in [-0.39, 0.29) is 11.8 Å². The summed E-state index contributed by atoms with van der Waals surface area (Å²) >= 11 is 0. The van der Waals surface area contributed by atoms with Crippen LogP contribution in [0.3, 0.4) is 0 Å². The maximum absolute atomic E-state index is 13.2. The van der Waals surface area contributed by atoms with E-state index in [2.05, 4.69) is 10.1 Å². The van der Waals surface area contributed by atoms with Crippen molar-refractivity contribution in [3.05, 3.63) is 94.8 Å². The molecule has 6 nitrogen and oxygen atoms in total. The van der Waals surface area contributed by atoms with Gasteiger partial charge < -0.3 is 0 Å². The molecule has 4 aromatic rings. The Kier molecular flexibility index (Phi) is 4.39. The highest BCUT2D eigenvalue weighted by Crippen LogP contribution is 2.31. The van der Waals surface area contributed by atoms with Crippen molar-refractivity contribution in [2.45, 2.75) is 19.9 Å². The third-order valence-electron chi connectivity index (χ3n) is 5.51. The van der Waals surface area contributed by atoms with E-state index in [0.29, 0.717) is 47.4 Å². The van der Waals surface area contributed by atoms with E-state index in [1.54, 1.807) is 4.68 Å². The fourth-order valence-corrected chi connectivity index (χ4v) is 4.03. The number of carbonyl (C=O) groups excluding carboxylic acids is 2. The van der Waals surface area contributed by atoms with Crippen molar-refractivity contribution in [2.75, 3.05) is 6.54 Å². The zero-order chi connectivity index (χ0) is 20.7. The highest BCUT2D eigenvalue weighted by Gasteiger charge is 2.38. The number of hydrogen-bond donors (Lipinski definition) is 0. The molecule has 30 heavy (non-hydrogen) atoms. The lowest BCUT2D eigenvalue weighted by atomic mass is 10.1. The zero-order valence-corrected chi connectivity index (χ0v) is 16.6. The van der Waals surface area contributed by atoms with Crippen LogP contribution in [0.15, 0.2) is 66.9 Å². The van der Waals surface area contributed by atoms with Crippen molar-refractivity contribution >= 4 is 22.8 Å². The van der Waals surface area contributed by atoms with E-state index in [1.807, 2.05) is 67.6 Å². The van der Waals surface area contributed by atoms with Crippen LogP contribution < -0.4 is 0 Å². The summed E-state index contributed by atoms with van der Waals surface area (Å²) in [6.45, 7) is 2.75. The molecule has 6 heteroatoms.